The van der Waals surface area contributed by atoms with Crippen molar-refractivity contribution < 1.29 is 9.32 Å². The highest BCUT2D eigenvalue weighted by molar-refractivity contribution is 6.30. The largest absolute Gasteiger partial charge is 0.342 e. The van der Waals surface area contributed by atoms with Gasteiger partial charge in [-0.3, -0.25) is 14.6 Å². The van der Waals surface area contributed by atoms with Gasteiger partial charge < -0.3 is 9.42 Å². The Hall–Kier alpha value is -1.96. The van der Waals surface area contributed by atoms with E-state index in [9.17, 15) is 4.79 Å². The first-order valence-corrected chi connectivity index (χ1v) is 9.77. The summed E-state index contributed by atoms with van der Waals surface area (Å²) in [4.78, 5) is 23.1. The molecular formula is C19H26ClN5O2. The number of carbonyl (C=O) groups excluding carboxylic acids is 1. The van der Waals surface area contributed by atoms with E-state index in [0.717, 1.165) is 44.8 Å². The van der Waals surface area contributed by atoms with Gasteiger partial charge in [0, 0.05) is 49.9 Å². The van der Waals surface area contributed by atoms with Crippen LogP contribution in [0.5, 0.6) is 0 Å². The molecule has 7 nitrogen and oxygen atoms in total. The summed E-state index contributed by atoms with van der Waals surface area (Å²) in [6.45, 7) is 10.2. The predicted octanol–water partition coefficient (Wildman–Crippen LogP) is 2.38. The highest BCUT2D eigenvalue weighted by Gasteiger charge is 2.22. The maximum Gasteiger partial charge on any atom is 0.241 e. The fourth-order valence-electron chi connectivity index (χ4n) is 3.23. The standard InChI is InChI=1S/C19H26ClN5O2/c1-3-25(4-2)18(26)14-24-10-8-23(9-11-24)13-17-21-19(22-27-17)15-6-5-7-16(20)12-15/h5-7,12H,3-4,8-11,13-14H2,1-2H3. The van der Waals surface area contributed by atoms with Gasteiger partial charge in [-0.25, -0.2) is 0 Å². The minimum absolute atomic E-state index is 0.205. The van der Waals surface area contributed by atoms with Crippen LogP contribution >= 0.6 is 11.6 Å². The summed E-state index contributed by atoms with van der Waals surface area (Å²) in [6, 6.07) is 7.41. The molecule has 0 bridgehead atoms. The lowest BCUT2D eigenvalue weighted by atomic mass is 10.2. The Morgan fingerprint density at radius 2 is 1.89 bits per heavy atom. The summed E-state index contributed by atoms with van der Waals surface area (Å²) in [5, 5.41) is 4.70. The molecule has 1 aromatic carbocycles. The number of hydrogen-bond acceptors (Lipinski definition) is 6. The molecule has 0 radical (unpaired) electrons. The Morgan fingerprint density at radius 1 is 1.19 bits per heavy atom. The van der Waals surface area contributed by atoms with Gasteiger partial charge in [-0.15, -0.1) is 0 Å². The molecule has 8 heteroatoms. The fraction of sp³-hybridized carbons (Fsp3) is 0.526. The molecule has 0 saturated carbocycles. The molecule has 2 aromatic rings. The van der Waals surface area contributed by atoms with Gasteiger partial charge in [0.15, 0.2) is 0 Å². The number of carbonyl (C=O) groups is 1. The van der Waals surface area contributed by atoms with Crippen molar-refractivity contribution in [3.8, 4) is 11.4 Å². The van der Waals surface area contributed by atoms with Crippen LogP contribution in [0.15, 0.2) is 28.8 Å². The molecule has 1 aliphatic rings. The Kier molecular flexibility index (Phi) is 6.82. The number of benzene rings is 1. The molecule has 0 atom stereocenters. The molecule has 1 aromatic heterocycles. The maximum atomic E-state index is 12.2. The first kappa shape index (κ1) is 19.8. The second-order valence-corrected chi connectivity index (χ2v) is 7.08. The third-order valence-electron chi connectivity index (χ3n) is 4.85. The summed E-state index contributed by atoms with van der Waals surface area (Å²) >= 11 is 6.02. The SMILES string of the molecule is CCN(CC)C(=O)CN1CCN(Cc2nc(-c3cccc(Cl)c3)no2)CC1. The monoisotopic (exact) mass is 391 g/mol. The van der Waals surface area contributed by atoms with Crippen molar-refractivity contribution in [2.45, 2.75) is 20.4 Å². The second kappa shape index (κ2) is 9.30. The van der Waals surface area contributed by atoms with E-state index in [0.29, 0.717) is 29.8 Å². The lowest BCUT2D eigenvalue weighted by Crippen LogP contribution is -2.49. The third kappa shape index (κ3) is 5.28. The van der Waals surface area contributed by atoms with E-state index in [2.05, 4.69) is 19.9 Å². The van der Waals surface area contributed by atoms with Crippen LogP contribution in [0.4, 0.5) is 0 Å². The molecule has 27 heavy (non-hydrogen) atoms. The van der Waals surface area contributed by atoms with Gasteiger partial charge in [-0.05, 0) is 26.0 Å². The van der Waals surface area contributed by atoms with Crippen LogP contribution in [0.2, 0.25) is 5.02 Å². The minimum Gasteiger partial charge on any atom is -0.342 e. The number of likely N-dealkylation sites (N-methyl/N-ethyl adjacent to an activating group) is 1. The van der Waals surface area contributed by atoms with Crippen molar-refractivity contribution >= 4 is 17.5 Å². The molecule has 1 fully saturated rings. The quantitative estimate of drug-likeness (QED) is 0.722. The lowest BCUT2D eigenvalue weighted by Gasteiger charge is -2.34. The lowest BCUT2D eigenvalue weighted by molar-refractivity contribution is -0.132. The van der Waals surface area contributed by atoms with E-state index in [-0.39, 0.29) is 5.91 Å². The van der Waals surface area contributed by atoms with E-state index in [1.807, 2.05) is 43.0 Å². The first-order valence-electron chi connectivity index (χ1n) is 9.40. The van der Waals surface area contributed by atoms with Crippen molar-refractivity contribution in [2.24, 2.45) is 0 Å². The van der Waals surface area contributed by atoms with Gasteiger partial charge in [0.25, 0.3) is 0 Å². The van der Waals surface area contributed by atoms with Crippen LogP contribution in [0, 0.1) is 0 Å². The van der Waals surface area contributed by atoms with Gasteiger partial charge in [0.05, 0.1) is 13.1 Å². The Morgan fingerprint density at radius 3 is 2.56 bits per heavy atom. The number of hydrogen-bond donors (Lipinski definition) is 0. The van der Waals surface area contributed by atoms with Crippen LogP contribution in [-0.2, 0) is 11.3 Å². The van der Waals surface area contributed by atoms with Crippen LogP contribution in [0.25, 0.3) is 11.4 Å². The zero-order valence-corrected chi connectivity index (χ0v) is 16.7. The molecule has 146 valence electrons. The highest BCUT2D eigenvalue weighted by Crippen LogP contribution is 2.20. The van der Waals surface area contributed by atoms with Crippen LogP contribution in [0.1, 0.15) is 19.7 Å². The Labute approximate surface area is 164 Å². The van der Waals surface area contributed by atoms with E-state index in [1.165, 1.54) is 0 Å². The Balaban J connectivity index is 1.49. The average Bonchev–Trinajstić information content (AvgIpc) is 3.13. The molecule has 2 heterocycles. The molecule has 1 saturated heterocycles. The minimum atomic E-state index is 0.205. The topological polar surface area (TPSA) is 65.7 Å². The summed E-state index contributed by atoms with van der Waals surface area (Å²) in [7, 11) is 0. The Bertz CT molecular complexity index is 754. The summed E-state index contributed by atoms with van der Waals surface area (Å²) < 4.78 is 5.39. The molecule has 0 unspecified atom stereocenters. The maximum absolute atomic E-state index is 12.2. The number of rotatable bonds is 7. The molecule has 0 spiro atoms. The smallest absolute Gasteiger partial charge is 0.241 e. The number of amides is 1. The normalized spacial score (nSPS) is 15.8. The molecular weight excluding hydrogens is 366 g/mol. The predicted molar refractivity (Wildman–Crippen MR) is 104 cm³/mol. The first-order chi connectivity index (χ1) is 13.1. The zero-order chi connectivity index (χ0) is 19.2. The van der Waals surface area contributed by atoms with E-state index in [1.54, 1.807) is 0 Å². The van der Waals surface area contributed by atoms with Crippen molar-refractivity contribution in [1.82, 2.24) is 24.8 Å². The molecule has 1 amide bonds. The highest BCUT2D eigenvalue weighted by atomic mass is 35.5. The van der Waals surface area contributed by atoms with Crippen LogP contribution in [-0.4, -0.2) is 76.6 Å². The second-order valence-electron chi connectivity index (χ2n) is 6.64. The van der Waals surface area contributed by atoms with Crippen molar-refractivity contribution in [3.05, 3.63) is 35.2 Å². The summed E-state index contributed by atoms with van der Waals surface area (Å²) in [5.74, 6) is 1.35. The molecule has 0 aliphatic carbocycles. The molecule has 3 rings (SSSR count). The van der Waals surface area contributed by atoms with Crippen molar-refractivity contribution in [2.75, 3.05) is 45.8 Å². The molecule has 1 aliphatic heterocycles. The van der Waals surface area contributed by atoms with Gasteiger partial charge >= 0.3 is 0 Å². The summed E-state index contributed by atoms with van der Waals surface area (Å²) in [5.41, 5.74) is 0.845. The van der Waals surface area contributed by atoms with Crippen molar-refractivity contribution in [1.29, 1.82) is 0 Å². The van der Waals surface area contributed by atoms with Crippen molar-refractivity contribution in [3.63, 3.8) is 0 Å². The number of halogens is 1. The third-order valence-corrected chi connectivity index (χ3v) is 5.08. The number of nitrogens with zero attached hydrogens (tertiary/aromatic N) is 5. The van der Waals surface area contributed by atoms with E-state index in [4.69, 9.17) is 16.1 Å². The van der Waals surface area contributed by atoms with Gasteiger partial charge in [0.2, 0.25) is 17.6 Å². The number of aromatic nitrogens is 2. The average molecular weight is 392 g/mol. The zero-order valence-electron chi connectivity index (χ0n) is 15.9. The van der Waals surface area contributed by atoms with Crippen LogP contribution in [0.3, 0.4) is 0 Å². The van der Waals surface area contributed by atoms with E-state index >= 15 is 0 Å². The molecule has 0 N–H and O–H groups in total. The van der Waals surface area contributed by atoms with Crippen LogP contribution < -0.4 is 0 Å². The number of piperazine rings is 1. The van der Waals surface area contributed by atoms with Gasteiger partial charge in [-0.2, -0.15) is 4.98 Å². The van der Waals surface area contributed by atoms with E-state index < -0.39 is 0 Å². The van der Waals surface area contributed by atoms with Gasteiger partial charge in [0.1, 0.15) is 0 Å². The summed E-state index contributed by atoms with van der Waals surface area (Å²) in [6.07, 6.45) is 0. The van der Waals surface area contributed by atoms with Gasteiger partial charge in [-0.1, -0.05) is 28.9 Å². The fourth-order valence-corrected chi connectivity index (χ4v) is 3.42.